The number of hydrogen-bond donors (Lipinski definition) is 1. The van der Waals surface area contributed by atoms with E-state index in [-0.39, 0.29) is 22.7 Å². The summed E-state index contributed by atoms with van der Waals surface area (Å²) in [5, 5.41) is 3.22. The summed E-state index contributed by atoms with van der Waals surface area (Å²) in [6.07, 6.45) is 5.18. The molecule has 1 unspecified atom stereocenters. The third-order valence-electron chi connectivity index (χ3n) is 4.30. The van der Waals surface area contributed by atoms with Gasteiger partial charge in [0.15, 0.2) is 11.5 Å². The third kappa shape index (κ3) is 4.62. The van der Waals surface area contributed by atoms with Gasteiger partial charge in [0.1, 0.15) is 5.52 Å². The molecule has 0 aliphatic rings. The highest BCUT2D eigenvalue weighted by Gasteiger charge is 2.17. The fraction of sp³-hybridized carbons (Fsp3) is 0.421. The number of fused-ring (bicyclic) bond motifs is 1. The highest BCUT2D eigenvalue weighted by molar-refractivity contribution is 7.99. The second-order valence-corrected chi connectivity index (χ2v) is 8.07. The van der Waals surface area contributed by atoms with Crippen LogP contribution in [0.25, 0.3) is 11.2 Å². The Labute approximate surface area is 173 Å². The minimum Gasteiger partial charge on any atom is -0.360 e. The highest BCUT2D eigenvalue weighted by Crippen LogP contribution is 2.19. The summed E-state index contributed by atoms with van der Waals surface area (Å²) in [5.74, 6) is 1.26. The van der Waals surface area contributed by atoms with E-state index >= 15 is 0 Å². The Balaban J connectivity index is 1.93. The van der Waals surface area contributed by atoms with E-state index in [0.717, 1.165) is 29.2 Å². The van der Waals surface area contributed by atoms with E-state index in [1.807, 2.05) is 25.3 Å². The van der Waals surface area contributed by atoms with Gasteiger partial charge < -0.3 is 5.32 Å². The Morgan fingerprint density at radius 3 is 2.71 bits per heavy atom. The van der Waals surface area contributed by atoms with Crippen molar-refractivity contribution in [2.24, 2.45) is 0 Å². The second-order valence-electron chi connectivity index (χ2n) is 6.39. The van der Waals surface area contributed by atoms with E-state index in [0.29, 0.717) is 17.7 Å². The first-order valence-electron chi connectivity index (χ1n) is 9.29. The van der Waals surface area contributed by atoms with E-state index in [1.165, 1.54) is 0 Å². The lowest BCUT2D eigenvalue weighted by Crippen LogP contribution is -2.28. The molecule has 0 aromatic carbocycles. The normalized spacial score (nSPS) is 12.3. The fourth-order valence-corrected chi connectivity index (χ4v) is 3.75. The second kappa shape index (κ2) is 9.34. The Morgan fingerprint density at radius 2 is 2.04 bits per heavy atom. The lowest BCUT2D eigenvalue weighted by molar-refractivity contribution is 0.497. The fourth-order valence-electron chi connectivity index (χ4n) is 2.99. The summed E-state index contributed by atoms with van der Waals surface area (Å²) >= 11 is 7.69. The van der Waals surface area contributed by atoms with Crippen LogP contribution in [0.2, 0.25) is 5.28 Å². The summed E-state index contributed by atoms with van der Waals surface area (Å²) in [4.78, 5) is 31.3. The average Bonchev–Trinajstić information content (AvgIpc) is 2.68. The monoisotopic (exact) mass is 418 g/mol. The van der Waals surface area contributed by atoms with Crippen molar-refractivity contribution in [1.29, 1.82) is 0 Å². The van der Waals surface area contributed by atoms with Crippen molar-refractivity contribution in [3.63, 3.8) is 0 Å². The van der Waals surface area contributed by atoms with Crippen LogP contribution in [-0.2, 0) is 6.54 Å². The van der Waals surface area contributed by atoms with Crippen molar-refractivity contribution in [3.05, 3.63) is 45.9 Å². The minimum absolute atomic E-state index is 0.0296. The number of halogens is 1. The minimum atomic E-state index is -0.221. The molecule has 3 aromatic rings. The molecule has 28 heavy (non-hydrogen) atoms. The zero-order valence-electron chi connectivity index (χ0n) is 16.1. The predicted octanol–water partition coefficient (Wildman–Crippen LogP) is 4.32. The maximum atomic E-state index is 13.1. The smallest absolute Gasteiger partial charge is 0.295 e. The summed E-state index contributed by atoms with van der Waals surface area (Å²) in [7, 11) is 0. The molecule has 1 N–H and O–H groups in total. The summed E-state index contributed by atoms with van der Waals surface area (Å²) in [6.45, 7) is 6.59. The molecular weight excluding hydrogens is 396 g/mol. The largest absolute Gasteiger partial charge is 0.360 e. The molecule has 0 radical (unpaired) electrons. The maximum absolute atomic E-state index is 13.1. The number of thioether (sulfide) groups is 1. The van der Waals surface area contributed by atoms with E-state index in [1.54, 1.807) is 22.5 Å². The standard InChI is InChI=1S/C19H23ClN6OS/c1-4-6-12(3)26-17-15(11-23-19(20)25-17)24-16(18(26)27)22-9-13-7-8-14(10-21-13)28-5-2/h7-8,10-12H,4-6,9H2,1-3H3,(H,22,24). The summed E-state index contributed by atoms with van der Waals surface area (Å²) in [5.41, 5.74) is 1.59. The van der Waals surface area contributed by atoms with Gasteiger partial charge in [0.25, 0.3) is 5.56 Å². The van der Waals surface area contributed by atoms with E-state index < -0.39 is 0 Å². The van der Waals surface area contributed by atoms with Gasteiger partial charge >= 0.3 is 0 Å². The van der Waals surface area contributed by atoms with Crippen LogP contribution in [0.15, 0.2) is 34.2 Å². The van der Waals surface area contributed by atoms with Crippen molar-refractivity contribution in [2.45, 2.75) is 51.1 Å². The first-order chi connectivity index (χ1) is 13.5. The Kier molecular flexibility index (Phi) is 6.85. The Hall–Kier alpha value is -2.19. The molecule has 3 heterocycles. The number of anilines is 1. The van der Waals surface area contributed by atoms with Crippen molar-refractivity contribution < 1.29 is 0 Å². The molecule has 0 amide bonds. The lowest BCUT2D eigenvalue weighted by Gasteiger charge is -2.18. The molecule has 9 heteroatoms. The van der Waals surface area contributed by atoms with Gasteiger partial charge in [0.05, 0.1) is 18.4 Å². The number of rotatable bonds is 8. The molecule has 0 spiro atoms. The van der Waals surface area contributed by atoms with Crippen LogP contribution in [0.3, 0.4) is 0 Å². The summed E-state index contributed by atoms with van der Waals surface area (Å²) < 4.78 is 1.65. The zero-order valence-corrected chi connectivity index (χ0v) is 17.7. The Morgan fingerprint density at radius 1 is 1.21 bits per heavy atom. The lowest BCUT2D eigenvalue weighted by atomic mass is 10.2. The quantitative estimate of drug-likeness (QED) is 0.430. The van der Waals surface area contributed by atoms with Crippen LogP contribution in [-0.4, -0.2) is 30.3 Å². The number of nitrogens with one attached hydrogen (secondary N) is 1. The molecule has 0 aliphatic heterocycles. The number of nitrogens with zero attached hydrogens (tertiary/aromatic N) is 5. The SMILES string of the molecule is CCCC(C)n1c(=O)c(NCc2ccc(SCC)cn2)nc2cnc(Cl)nc21. The van der Waals surface area contributed by atoms with Crippen molar-refractivity contribution in [2.75, 3.05) is 11.1 Å². The number of hydrogen-bond acceptors (Lipinski definition) is 7. The van der Waals surface area contributed by atoms with Crippen LogP contribution in [0.1, 0.15) is 45.3 Å². The molecule has 0 bridgehead atoms. The number of aromatic nitrogens is 5. The first-order valence-corrected chi connectivity index (χ1v) is 10.7. The molecule has 3 aromatic heterocycles. The third-order valence-corrected chi connectivity index (χ3v) is 5.34. The predicted molar refractivity (Wildman–Crippen MR) is 114 cm³/mol. The number of pyridine rings is 1. The summed E-state index contributed by atoms with van der Waals surface area (Å²) in [6, 6.07) is 3.95. The van der Waals surface area contributed by atoms with Crippen LogP contribution in [0, 0.1) is 0 Å². The van der Waals surface area contributed by atoms with Crippen molar-refractivity contribution in [3.8, 4) is 0 Å². The molecule has 0 saturated heterocycles. The molecule has 7 nitrogen and oxygen atoms in total. The van der Waals surface area contributed by atoms with Crippen LogP contribution >= 0.6 is 23.4 Å². The van der Waals surface area contributed by atoms with Gasteiger partial charge in [0.2, 0.25) is 5.28 Å². The molecule has 0 fully saturated rings. The van der Waals surface area contributed by atoms with Gasteiger partial charge in [-0.2, -0.15) is 4.98 Å². The van der Waals surface area contributed by atoms with E-state index in [9.17, 15) is 4.79 Å². The average molecular weight is 419 g/mol. The van der Waals surface area contributed by atoms with E-state index in [4.69, 9.17) is 11.6 Å². The van der Waals surface area contributed by atoms with Crippen LogP contribution in [0.5, 0.6) is 0 Å². The maximum Gasteiger partial charge on any atom is 0.295 e. The molecule has 148 valence electrons. The molecule has 1 atom stereocenters. The van der Waals surface area contributed by atoms with Gasteiger partial charge in [0, 0.05) is 17.1 Å². The van der Waals surface area contributed by atoms with Gasteiger partial charge in [-0.25, -0.2) is 9.97 Å². The molecule has 0 saturated carbocycles. The Bertz CT molecular complexity index is 1010. The van der Waals surface area contributed by atoms with Gasteiger partial charge in [-0.05, 0) is 42.8 Å². The highest BCUT2D eigenvalue weighted by atomic mass is 35.5. The molecule has 3 rings (SSSR count). The molecular formula is C19H23ClN6OS. The van der Waals surface area contributed by atoms with Crippen molar-refractivity contribution in [1.82, 2.24) is 24.5 Å². The van der Waals surface area contributed by atoms with Gasteiger partial charge in [-0.1, -0.05) is 20.3 Å². The van der Waals surface area contributed by atoms with Crippen LogP contribution < -0.4 is 10.9 Å². The topological polar surface area (TPSA) is 85.6 Å². The van der Waals surface area contributed by atoms with Crippen LogP contribution in [0.4, 0.5) is 5.82 Å². The van der Waals surface area contributed by atoms with Gasteiger partial charge in [-0.3, -0.25) is 14.3 Å². The van der Waals surface area contributed by atoms with E-state index in [2.05, 4.69) is 39.1 Å². The zero-order chi connectivity index (χ0) is 20.1. The first kappa shape index (κ1) is 20.5. The van der Waals surface area contributed by atoms with Crippen molar-refractivity contribution >= 4 is 40.3 Å². The van der Waals surface area contributed by atoms with Gasteiger partial charge in [-0.15, -0.1) is 11.8 Å². The molecule has 0 aliphatic carbocycles.